The zero-order valence-corrected chi connectivity index (χ0v) is 16.6. The molecule has 2 amide bonds. The lowest BCUT2D eigenvalue weighted by molar-refractivity contribution is -0.131. The Morgan fingerprint density at radius 1 is 1.12 bits per heavy atom. The van der Waals surface area contributed by atoms with Crippen LogP contribution in [-0.4, -0.2) is 43.2 Å². The Balaban J connectivity index is 1.81. The number of nitrogens with one attached hydrogen (secondary N) is 1. The third-order valence-electron chi connectivity index (χ3n) is 3.43. The molecule has 1 N–H and O–H groups in total. The van der Waals surface area contributed by atoms with Gasteiger partial charge in [0.25, 0.3) is 0 Å². The van der Waals surface area contributed by atoms with Crippen molar-refractivity contribution in [3.63, 3.8) is 0 Å². The molecule has 2 aromatic rings. The molecule has 0 bridgehead atoms. The van der Waals surface area contributed by atoms with Gasteiger partial charge in [-0.3, -0.25) is 9.59 Å². The van der Waals surface area contributed by atoms with Crippen LogP contribution in [0.5, 0.6) is 5.75 Å². The maximum absolute atomic E-state index is 12.2. The first kappa shape index (κ1) is 20.4. The third-order valence-corrected chi connectivity index (χ3v) is 5.17. The lowest BCUT2D eigenvalue weighted by Crippen LogP contribution is -2.35. The fourth-order valence-corrected chi connectivity index (χ4v) is 3.14. The molecular formula is C18H18Cl2N2O3S. The van der Waals surface area contributed by atoms with Crippen molar-refractivity contribution in [2.75, 3.05) is 31.8 Å². The van der Waals surface area contributed by atoms with Gasteiger partial charge in [0.05, 0.1) is 29.5 Å². The number of halogens is 2. The summed E-state index contributed by atoms with van der Waals surface area (Å²) in [6.45, 7) is -0.0533. The molecule has 0 aliphatic heterocycles. The van der Waals surface area contributed by atoms with Gasteiger partial charge in [-0.25, -0.2) is 0 Å². The minimum absolute atomic E-state index is 0.0533. The number of rotatable bonds is 7. The molecule has 138 valence electrons. The van der Waals surface area contributed by atoms with E-state index in [1.807, 2.05) is 24.3 Å². The summed E-state index contributed by atoms with van der Waals surface area (Å²) >= 11 is 13.2. The molecule has 26 heavy (non-hydrogen) atoms. The van der Waals surface area contributed by atoms with Crippen LogP contribution in [0.3, 0.4) is 0 Å². The summed E-state index contributed by atoms with van der Waals surface area (Å²) in [4.78, 5) is 26.6. The molecule has 0 spiro atoms. The Hall–Kier alpha value is -1.89. The molecule has 0 unspecified atom stereocenters. The highest BCUT2D eigenvalue weighted by Crippen LogP contribution is 2.25. The number of ether oxygens (including phenoxy) is 1. The van der Waals surface area contributed by atoms with E-state index < -0.39 is 0 Å². The van der Waals surface area contributed by atoms with Gasteiger partial charge in [-0.05, 0) is 42.5 Å². The first-order valence-electron chi connectivity index (χ1n) is 7.64. The van der Waals surface area contributed by atoms with E-state index in [0.717, 1.165) is 10.6 Å². The van der Waals surface area contributed by atoms with Crippen LogP contribution < -0.4 is 10.1 Å². The van der Waals surface area contributed by atoms with Crippen LogP contribution in [0.25, 0.3) is 0 Å². The summed E-state index contributed by atoms with van der Waals surface area (Å²) in [5, 5.41) is 3.45. The van der Waals surface area contributed by atoms with Crippen molar-refractivity contribution < 1.29 is 14.3 Å². The van der Waals surface area contributed by atoms with Crippen molar-refractivity contribution in [3.8, 4) is 5.75 Å². The summed E-state index contributed by atoms with van der Waals surface area (Å²) in [5.74, 6) is 0.545. The van der Waals surface area contributed by atoms with Gasteiger partial charge in [0, 0.05) is 17.6 Å². The predicted octanol–water partition coefficient (Wildman–Crippen LogP) is 4.19. The van der Waals surface area contributed by atoms with Gasteiger partial charge in [0.1, 0.15) is 5.75 Å². The molecular weight excluding hydrogens is 395 g/mol. The fraction of sp³-hybridized carbons (Fsp3) is 0.222. The first-order valence-corrected chi connectivity index (χ1v) is 9.39. The number of methoxy groups -OCH3 is 1. The molecule has 0 aliphatic rings. The molecule has 2 aromatic carbocycles. The first-order chi connectivity index (χ1) is 12.4. The number of hydrogen-bond donors (Lipinski definition) is 1. The van der Waals surface area contributed by atoms with Crippen LogP contribution in [0.1, 0.15) is 0 Å². The second kappa shape index (κ2) is 9.71. The summed E-state index contributed by atoms with van der Waals surface area (Å²) in [6, 6.07) is 12.2. The smallest absolute Gasteiger partial charge is 0.243 e. The van der Waals surface area contributed by atoms with E-state index >= 15 is 0 Å². The van der Waals surface area contributed by atoms with Crippen molar-refractivity contribution in [2.24, 2.45) is 0 Å². The molecule has 2 rings (SSSR count). The normalized spacial score (nSPS) is 10.3. The molecule has 5 nitrogen and oxygen atoms in total. The minimum atomic E-state index is -0.311. The molecule has 8 heteroatoms. The van der Waals surface area contributed by atoms with Gasteiger partial charge < -0.3 is 15.0 Å². The lowest BCUT2D eigenvalue weighted by atomic mass is 10.3. The number of carbonyl (C=O) groups is 2. The molecule has 0 aromatic heterocycles. The van der Waals surface area contributed by atoms with Gasteiger partial charge in [-0.2, -0.15) is 0 Å². The molecule has 0 atom stereocenters. The minimum Gasteiger partial charge on any atom is -0.497 e. The number of benzene rings is 2. The molecule has 0 radical (unpaired) electrons. The van der Waals surface area contributed by atoms with Crippen molar-refractivity contribution in [1.29, 1.82) is 0 Å². The summed E-state index contributed by atoms with van der Waals surface area (Å²) < 4.78 is 5.09. The Kier molecular flexibility index (Phi) is 7.63. The summed E-state index contributed by atoms with van der Waals surface area (Å²) in [5.41, 5.74) is 0.526. The highest BCUT2D eigenvalue weighted by molar-refractivity contribution is 8.00. The zero-order valence-electron chi connectivity index (χ0n) is 14.3. The van der Waals surface area contributed by atoms with Crippen LogP contribution in [0.15, 0.2) is 47.4 Å². The van der Waals surface area contributed by atoms with E-state index in [9.17, 15) is 9.59 Å². The van der Waals surface area contributed by atoms with E-state index in [4.69, 9.17) is 27.9 Å². The van der Waals surface area contributed by atoms with Crippen molar-refractivity contribution in [3.05, 3.63) is 52.5 Å². The second-order valence-electron chi connectivity index (χ2n) is 5.39. The van der Waals surface area contributed by atoms with E-state index in [0.29, 0.717) is 15.7 Å². The molecule has 0 saturated carbocycles. The number of carbonyl (C=O) groups excluding carboxylic acids is 2. The van der Waals surface area contributed by atoms with Crippen molar-refractivity contribution in [1.82, 2.24) is 4.90 Å². The average Bonchev–Trinajstić information content (AvgIpc) is 2.63. The summed E-state index contributed by atoms with van der Waals surface area (Å²) in [6.07, 6.45) is 0. The van der Waals surface area contributed by atoms with Gasteiger partial charge in [0.15, 0.2) is 0 Å². The number of amides is 2. The number of anilines is 1. The monoisotopic (exact) mass is 412 g/mol. The second-order valence-corrected chi connectivity index (χ2v) is 7.25. The van der Waals surface area contributed by atoms with Crippen molar-refractivity contribution >= 4 is 52.5 Å². The van der Waals surface area contributed by atoms with Gasteiger partial charge in [-0.15, -0.1) is 11.8 Å². The standard InChI is InChI=1S/C18H18Cl2N2O3S/c1-22(10-17(23)21-12-3-8-15(19)16(20)9-12)18(24)11-26-14-6-4-13(25-2)5-7-14/h3-9H,10-11H2,1-2H3,(H,21,23). The Bertz CT molecular complexity index is 785. The third kappa shape index (κ3) is 6.12. The van der Waals surface area contributed by atoms with Crippen LogP contribution in [0.2, 0.25) is 10.0 Å². The van der Waals surface area contributed by atoms with E-state index in [1.165, 1.54) is 16.7 Å². The number of thioether (sulfide) groups is 1. The van der Waals surface area contributed by atoms with Crippen LogP contribution in [0, 0.1) is 0 Å². The highest BCUT2D eigenvalue weighted by atomic mass is 35.5. The quantitative estimate of drug-likeness (QED) is 0.692. The average molecular weight is 413 g/mol. The van der Waals surface area contributed by atoms with Gasteiger partial charge in [-0.1, -0.05) is 23.2 Å². The maximum atomic E-state index is 12.2. The largest absolute Gasteiger partial charge is 0.497 e. The van der Waals surface area contributed by atoms with Gasteiger partial charge >= 0.3 is 0 Å². The van der Waals surface area contributed by atoms with Crippen LogP contribution >= 0.6 is 35.0 Å². The molecule has 0 heterocycles. The SMILES string of the molecule is COc1ccc(SCC(=O)N(C)CC(=O)Nc2ccc(Cl)c(Cl)c2)cc1. The zero-order chi connectivity index (χ0) is 19.1. The van der Waals surface area contributed by atoms with Crippen LogP contribution in [0.4, 0.5) is 5.69 Å². The number of nitrogens with zero attached hydrogens (tertiary/aromatic N) is 1. The number of hydrogen-bond acceptors (Lipinski definition) is 4. The maximum Gasteiger partial charge on any atom is 0.243 e. The molecule has 0 fully saturated rings. The molecule has 0 saturated heterocycles. The Morgan fingerprint density at radius 3 is 2.42 bits per heavy atom. The number of likely N-dealkylation sites (N-methyl/N-ethyl adjacent to an activating group) is 1. The lowest BCUT2D eigenvalue weighted by Gasteiger charge is -2.17. The fourth-order valence-electron chi connectivity index (χ4n) is 2.01. The van der Waals surface area contributed by atoms with E-state index in [2.05, 4.69) is 5.32 Å². The van der Waals surface area contributed by atoms with Gasteiger partial charge in [0.2, 0.25) is 11.8 Å². The topological polar surface area (TPSA) is 58.6 Å². The van der Waals surface area contributed by atoms with E-state index in [1.54, 1.807) is 32.4 Å². The predicted molar refractivity (Wildman–Crippen MR) is 106 cm³/mol. The summed E-state index contributed by atoms with van der Waals surface area (Å²) in [7, 11) is 3.19. The van der Waals surface area contributed by atoms with Crippen LogP contribution in [-0.2, 0) is 9.59 Å². The molecule has 0 aliphatic carbocycles. The van der Waals surface area contributed by atoms with Crippen molar-refractivity contribution in [2.45, 2.75) is 4.90 Å². The Labute approximate surface area is 166 Å². The van der Waals surface area contributed by atoms with E-state index in [-0.39, 0.29) is 24.1 Å². The Morgan fingerprint density at radius 2 is 1.81 bits per heavy atom. The highest BCUT2D eigenvalue weighted by Gasteiger charge is 2.14.